The van der Waals surface area contributed by atoms with E-state index >= 15 is 0 Å². The summed E-state index contributed by atoms with van der Waals surface area (Å²) in [4.78, 5) is 17.2. The van der Waals surface area contributed by atoms with Crippen LogP contribution >= 0.6 is 0 Å². The Morgan fingerprint density at radius 3 is 1.86 bits per heavy atom. The summed E-state index contributed by atoms with van der Waals surface area (Å²) in [5, 5.41) is 0. The number of carbonyl (C=O) groups is 1. The third-order valence-electron chi connectivity index (χ3n) is 5.76. The number of hydrogen-bond donors (Lipinski definition) is 0. The van der Waals surface area contributed by atoms with E-state index in [9.17, 15) is 4.79 Å². The van der Waals surface area contributed by atoms with Crippen LogP contribution in [0.4, 0.5) is 0 Å². The molecule has 2 aromatic carbocycles. The van der Waals surface area contributed by atoms with Gasteiger partial charge in [-0.25, -0.2) is 0 Å². The van der Waals surface area contributed by atoms with Gasteiger partial charge in [0.1, 0.15) is 0 Å². The summed E-state index contributed by atoms with van der Waals surface area (Å²) < 4.78 is 0. The van der Waals surface area contributed by atoms with E-state index in [0.717, 1.165) is 32.6 Å². The molecule has 3 rings (SSSR count). The third-order valence-corrected chi connectivity index (χ3v) is 5.76. The molecule has 0 atom stereocenters. The Labute approximate surface area is 170 Å². The molecule has 28 heavy (non-hydrogen) atoms. The first-order chi connectivity index (χ1) is 13.8. The average Bonchev–Trinajstić information content (AvgIpc) is 2.76. The van der Waals surface area contributed by atoms with Crippen molar-refractivity contribution in [1.29, 1.82) is 0 Å². The van der Waals surface area contributed by atoms with Gasteiger partial charge < -0.3 is 4.90 Å². The summed E-state index contributed by atoms with van der Waals surface area (Å²) in [7, 11) is 0. The summed E-state index contributed by atoms with van der Waals surface area (Å²) in [5.74, 6) is 0.340. The van der Waals surface area contributed by atoms with Gasteiger partial charge in [0.15, 0.2) is 0 Å². The molecular weight excluding hydrogens is 344 g/mol. The Kier molecular flexibility index (Phi) is 8.10. The van der Waals surface area contributed by atoms with E-state index in [-0.39, 0.29) is 6.04 Å². The van der Waals surface area contributed by atoms with Gasteiger partial charge in [-0.05, 0) is 17.5 Å². The lowest BCUT2D eigenvalue weighted by atomic mass is 9.96. The fourth-order valence-corrected chi connectivity index (χ4v) is 4.15. The van der Waals surface area contributed by atoms with Gasteiger partial charge in [-0.1, -0.05) is 93.3 Å². The van der Waals surface area contributed by atoms with Crippen molar-refractivity contribution in [2.24, 2.45) is 0 Å². The predicted molar refractivity (Wildman–Crippen MR) is 116 cm³/mol. The van der Waals surface area contributed by atoms with Crippen LogP contribution in [0, 0.1) is 0 Å². The maximum Gasteiger partial charge on any atom is 0.222 e. The molecule has 0 aromatic heterocycles. The Morgan fingerprint density at radius 2 is 1.32 bits per heavy atom. The van der Waals surface area contributed by atoms with Crippen molar-refractivity contribution in [2.45, 2.75) is 51.5 Å². The molecule has 0 unspecified atom stereocenters. The molecule has 0 saturated carbocycles. The van der Waals surface area contributed by atoms with E-state index in [4.69, 9.17) is 0 Å². The molecule has 0 N–H and O–H groups in total. The minimum Gasteiger partial charge on any atom is -0.340 e. The van der Waals surface area contributed by atoms with Gasteiger partial charge in [-0.15, -0.1) is 0 Å². The second kappa shape index (κ2) is 11.0. The zero-order chi connectivity index (χ0) is 19.6. The van der Waals surface area contributed by atoms with Gasteiger partial charge >= 0.3 is 0 Å². The zero-order valence-electron chi connectivity index (χ0n) is 17.2. The standard InChI is InChI=1S/C25H34N2O/c1-2-3-4-5-12-17-24(28)26-18-20-27(21-19-26)25(22-13-8-6-9-14-22)23-15-10-7-11-16-23/h6-11,13-16,25H,2-5,12,17-21H2,1H3. The number of nitrogens with zero attached hydrogens (tertiary/aromatic N) is 2. The highest BCUT2D eigenvalue weighted by Gasteiger charge is 2.27. The van der Waals surface area contributed by atoms with Crippen LogP contribution in [0.2, 0.25) is 0 Å². The maximum atomic E-state index is 12.6. The number of benzene rings is 2. The summed E-state index contributed by atoms with van der Waals surface area (Å²) in [6, 6.07) is 21.7. The SMILES string of the molecule is CCCCCCCC(=O)N1CCN(C(c2ccccc2)c2ccccc2)CC1. The topological polar surface area (TPSA) is 23.6 Å². The van der Waals surface area contributed by atoms with Gasteiger partial charge in [0.05, 0.1) is 6.04 Å². The number of piperazine rings is 1. The van der Waals surface area contributed by atoms with Crippen molar-refractivity contribution < 1.29 is 4.79 Å². The predicted octanol–water partition coefficient (Wildman–Crippen LogP) is 5.28. The number of unbranched alkanes of at least 4 members (excludes halogenated alkanes) is 4. The maximum absolute atomic E-state index is 12.6. The summed E-state index contributed by atoms with van der Waals surface area (Å²) >= 11 is 0. The lowest BCUT2D eigenvalue weighted by Gasteiger charge is -2.40. The first-order valence-electron chi connectivity index (χ1n) is 10.9. The van der Waals surface area contributed by atoms with Crippen molar-refractivity contribution in [3.8, 4) is 0 Å². The quantitative estimate of drug-likeness (QED) is 0.554. The van der Waals surface area contributed by atoms with Gasteiger partial charge in [0.2, 0.25) is 5.91 Å². The normalized spacial score (nSPS) is 15.1. The van der Waals surface area contributed by atoms with Crippen LogP contribution in [-0.2, 0) is 4.79 Å². The van der Waals surface area contributed by atoms with E-state index in [0.29, 0.717) is 12.3 Å². The molecule has 2 aromatic rings. The van der Waals surface area contributed by atoms with Gasteiger partial charge in [0.25, 0.3) is 0 Å². The summed E-state index contributed by atoms with van der Waals surface area (Å²) in [6.45, 7) is 5.75. The van der Waals surface area contributed by atoms with E-state index in [1.807, 2.05) is 0 Å². The Hall–Kier alpha value is -2.13. The smallest absolute Gasteiger partial charge is 0.222 e. The van der Waals surface area contributed by atoms with Crippen molar-refractivity contribution >= 4 is 5.91 Å². The van der Waals surface area contributed by atoms with Gasteiger partial charge in [0, 0.05) is 32.6 Å². The van der Waals surface area contributed by atoms with Crippen molar-refractivity contribution in [2.75, 3.05) is 26.2 Å². The highest BCUT2D eigenvalue weighted by atomic mass is 16.2. The lowest BCUT2D eigenvalue weighted by Crippen LogP contribution is -2.49. The fraction of sp³-hybridized carbons (Fsp3) is 0.480. The van der Waals surface area contributed by atoms with Crippen LogP contribution in [0.15, 0.2) is 60.7 Å². The number of rotatable bonds is 9. The first kappa shape index (κ1) is 20.6. The Bertz CT molecular complexity index is 654. The van der Waals surface area contributed by atoms with Crippen LogP contribution in [0.1, 0.15) is 62.6 Å². The van der Waals surface area contributed by atoms with Crippen molar-refractivity contribution in [3.63, 3.8) is 0 Å². The highest BCUT2D eigenvalue weighted by Crippen LogP contribution is 2.29. The molecular formula is C25H34N2O. The molecule has 1 heterocycles. The third kappa shape index (κ3) is 5.68. The molecule has 0 radical (unpaired) electrons. The molecule has 150 valence electrons. The van der Waals surface area contributed by atoms with Crippen LogP contribution in [-0.4, -0.2) is 41.9 Å². The molecule has 0 spiro atoms. The second-order valence-electron chi connectivity index (χ2n) is 7.80. The van der Waals surface area contributed by atoms with E-state index < -0.39 is 0 Å². The fourth-order valence-electron chi connectivity index (χ4n) is 4.15. The molecule has 0 bridgehead atoms. The average molecular weight is 379 g/mol. The van der Waals surface area contributed by atoms with Crippen molar-refractivity contribution in [1.82, 2.24) is 9.80 Å². The summed E-state index contributed by atoms with van der Waals surface area (Å²) in [6.07, 6.45) is 6.73. The highest BCUT2D eigenvalue weighted by molar-refractivity contribution is 5.76. The monoisotopic (exact) mass is 378 g/mol. The minimum atomic E-state index is 0.258. The molecule has 1 fully saturated rings. The number of amides is 1. The molecule has 1 amide bonds. The second-order valence-corrected chi connectivity index (χ2v) is 7.80. The molecule has 3 heteroatoms. The summed E-state index contributed by atoms with van der Waals surface area (Å²) in [5.41, 5.74) is 2.65. The zero-order valence-corrected chi connectivity index (χ0v) is 17.2. The molecule has 0 aliphatic carbocycles. The molecule has 1 aliphatic heterocycles. The van der Waals surface area contributed by atoms with E-state index in [1.165, 1.54) is 36.8 Å². The van der Waals surface area contributed by atoms with Crippen LogP contribution in [0.3, 0.4) is 0 Å². The van der Waals surface area contributed by atoms with E-state index in [2.05, 4.69) is 77.4 Å². The molecule has 3 nitrogen and oxygen atoms in total. The number of carbonyl (C=O) groups excluding carboxylic acids is 1. The van der Waals surface area contributed by atoms with Gasteiger partial charge in [-0.3, -0.25) is 9.69 Å². The molecule has 1 saturated heterocycles. The largest absolute Gasteiger partial charge is 0.340 e. The Morgan fingerprint density at radius 1 is 0.786 bits per heavy atom. The van der Waals surface area contributed by atoms with E-state index in [1.54, 1.807) is 0 Å². The minimum absolute atomic E-state index is 0.258. The molecule has 1 aliphatic rings. The van der Waals surface area contributed by atoms with Crippen LogP contribution in [0.5, 0.6) is 0 Å². The van der Waals surface area contributed by atoms with Crippen LogP contribution in [0.25, 0.3) is 0 Å². The Balaban J connectivity index is 1.58. The van der Waals surface area contributed by atoms with Gasteiger partial charge in [-0.2, -0.15) is 0 Å². The van der Waals surface area contributed by atoms with Crippen LogP contribution < -0.4 is 0 Å². The first-order valence-corrected chi connectivity index (χ1v) is 10.9. The lowest BCUT2D eigenvalue weighted by molar-refractivity contribution is -0.133. The number of hydrogen-bond acceptors (Lipinski definition) is 2. The van der Waals surface area contributed by atoms with Crippen molar-refractivity contribution in [3.05, 3.63) is 71.8 Å².